The van der Waals surface area contributed by atoms with Crippen LogP contribution in [0, 0.1) is 12.7 Å². The molecule has 1 amide bonds. The predicted molar refractivity (Wildman–Crippen MR) is 117 cm³/mol. The quantitative estimate of drug-likeness (QED) is 0.514. The first kappa shape index (κ1) is 21.5. The minimum Gasteiger partial charge on any atom is -0.501 e. The number of imidazole rings is 1. The molecular weight excluding hydrogens is 441 g/mol. The van der Waals surface area contributed by atoms with Gasteiger partial charge in [-0.2, -0.15) is 4.37 Å². The molecule has 2 aromatic heterocycles. The summed E-state index contributed by atoms with van der Waals surface area (Å²) >= 11 is 7.06. The van der Waals surface area contributed by atoms with Crippen LogP contribution >= 0.6 is 23.1 Å². The maximum atomic E-state index is 13.9. The van der Waals surface area contributed by atoms with Crippen molar-refractivity contribution in [1.29, 1.82) is 0 Å². The molecule has 0 unspecified atom stereocenters. The van der Waals surface area contributed by atoms with E-state index in [4.69, 9.17) is 21.3 Å². The normalized spacial score (nSPS) is 16.0. The Hall–Kier alpha value is -2.78. The van der Waals surface area contributed by atoms with Gasteiger partial charge in [0.15, 0.2) is 10.8 Å². The number of nitrogens with zero attached hydrogens (tertiary/aromatic N) is 5. The number of aromatic nitrogens is 4. The van der Waals surface area contributed by atoms with Crippen LogP contribution in [0.4, 0.5) is 4.39 Å². The molecule has 0 aliphatic carbocycles. The lowest BCUT2D eigenvalue weighted by atomic mass is 10.1. The van der Waals surface area contributed by atoms with Gasteiger partial charge in [-0.15, -0.1) is 0 Å². The SMILES string of the molecule is CCOC=Cc1nc(-c2nc(C)ns2)n2c1[C@@H](C)N(C(=O)c1ccc(Cl)c(F)c1)CC2. The molecule has 0 saturated heterocycles. The average Bonchev–Trinajstić information content (AvgIpc) is 3.34. The van der Waals surface area contributed by atoms with Crippen molar-refractivity contribution in [2.45, 2.75) is 33.4 Å². The highest BCUT2D eigenvalue weighted by Crippen LogP contribution is 2.35. The Labute approximate surface area is 188 Å². The van der Waals surface area contributed by atoms with E-state index in [1.807, 2.05) is 20.8 Å². The summed E-state index contributed by atoms with van der Waals surface area (Å²) in [6, 6.07) is 3.82. The Morgan fingerprint density at radius 1 is 1.39 bits per heavy atom. The maximum absolute atomic E-state index is 13.9. The van der Waals surface area contributed by atoms with E-state index in [0.717, 1.165) is 10.7 Å². The number of benzene rings is 1. The van der Waals surface area contributed by atoms with Crippen molar-refractivity contribution in [3.05, 3.63) is 58.1 Å². The first-order valence-electron chi connectivity index (χ1n) is 9.86. The highest BCUT2D eigenvalue weighted by atomic mass is 35.5. The van der Waals surface area contributed by atoms with Gasteiger partial charge in [0.25, 0.3) is 5.91 Å². The van der Waals surface area contributed by atoms with Crippen molar-refractivity contribution < 1.29 is 13.9 Å². The molecule has 3 heterocycles. The van der Waals surface area contributed by atoms with Crippen molar-refractivity contribution in [3.8, 4) is 10.8 Å². The zero-order valence-corrected chi connectivity index (χ0v) is 18.9. The average molecular weight is 462 g/mol. The smallest absolute Gasteiger partial charge is 0.254 e. The van der Waals surface area contributed by atoms with Crippen LogP contribution in [0.2, 0.25) is 5.02 Å². The molecule has 0 bridgehead atoms. The number of amides is 1. The second kappa shape index (κ2) is 8.76. The van der Waals surface area contributed by atoms with E-state index >= 15 is 0 Å². The summed E-state index contributed by atoms with van der Waals surface area (Å²) in [6.45, 7) is 7.19. The van der Waals surface area contributed by atoms with E-state index < -0.39 is 5.82 Å². The van der Waals surface area contributed by atoms with Crippen molar-refractivity contribution in [3.63, 3.8) is 0 Å². The van der Waals surface area contributed by atoms with Crippen LogP contribution in [0.1, 0.15) is 47.5 Å². The zero-order valence-electron chi connectivity index (χ0n) is 17.3. The molecule has 1 aliphatic rings. The van der Waals surface area contributed by atoms with Crippen molar-refractivity contribution in [2.75, 3.05) is 13.2 Å². The number of aryl methyl sites for hydroxylation is 1. The molecule has 0 spiro atoms. The van der Waals surface area contributed by atoms with Crippen LogP contribution in [0.15, 0.2) is 24.5 Å². The second-order valence-corrected chi connectivity index (χ2v) is 8.22. The van der Waals surface area contributed by atoms with Crippen LogP contribution in [0.25, 0.3) is 16.9 Å². The number of hydrogen-bond donors (Lipinski definition) is 0. The molecule has 0 saturated carbocycles. The van der Waals surface area contributed by atoms with E-state index in [9.17, 15) is 9.18 Å². The van der Waals surface area contributed by atoms with Gasteiger partial charge in [0.05, 0.1) is 35.3 Å². The second-order valence-electron chi connectivity index (χ2n) is 7.07. The fourth-order valence-corrected chi connectivity index (χ4v) is 4.44. The van der Waals surface area contributed by atoms with E-state index in [-0.39, 0.29) is 22.5 Å². The van der Waals surface area contributed by atoms with Crippen LogP contribution < -0.4 is 0 Å². The molecule has 4 rings (SSSR count). The summed E-state index contributed by atoms with van der Waals surface area (Å²) in [4.78, 5) is 24.1. The fourth-order valence-electron chi connectivity index (χ4n) is 3.65. The molecule has 10 heteroatoms. The summed E-state index contributed by atoms with van der Waals surface area (Å²) in [5, 5.41) is 0.711. The number of rotatable bonds is 5. The summed E-state index contributed by atoms with van der Waals surface area (Å²) in [7, 11) is 0. The third kappa shape index (κ3) is 4.07. The summed E-state index contributed by atoms with van der Waals surface area (Å²) in [6.07, 6.45) is 3.39. The Balaban J connectivity index is 1.74. The van der Waals surface area contributed by atoms with Gasteiger partial charge in [-0.05, 0) is 50.5 Å². The van der Waals surface area contributed by atoms with E-state index in [2.05, 4.69) is 13.9 Å². The first-order chi connectivity index (χ1) is 14.9. The molecule has 0 radical (unpaired) electrons. The molecule has 7 nitrogen and oxygen atoms in total. The van der Waals surface area contributed by atoms with E-state index in [1.54, 1.807) is 17.2 Å². The summed E-state index contributed by atoms with van der Waals surface area (Å²) < 4.78 is 25.6. The largest absolute Gasteiger partial charge is 0.501 e. The predicted octanol–water partition coefficient (Wildman–Crippen LogP) is 4.73. The zero-order chi connectivity index (χ0) is 22.1. The number of carbonyl (C=O) groups is 1. The molecule has 162 valence electrons. The topological polar surface area (TPSA) is 73.1 Å². The van der Waals surface area contributed by atoms with Crippen LogP contribution in [-0.4, -0.2) is 42.9 Å². The van der Waals surface area contributed by atoms with Gasteiger partial charge in [0.2, 0.25) is 0 Å². The highest BCUT2D eigenvalue weighted by molar-refractivity contribution is 7.09. The van der Waals surface area contributed by atoms with Crippen LogP contribution in [0.3, 0.4) is 0 Å². The number of ether oxygens (including phenoxy) is 1. The third-order valence-electron chi connectivity index (χ3n) is 5.10. The Kier molecular flexibility index (Phi) is 6.06. The molecule has 3 aromatic rings. The van der Waals surface area contributed by atoms with Gasteiger partial charge < -0.3 is 14.2 Å². The molecule has 0 N–H and O–H groups in total. The standard InChI is InChI=1S/C21H21ClFN5O2S/c1-4-30-10-7-17-18-12(2)27(21(29)14-5-6-15(22)16(23)11-14)8-9-28(18)19(25-17)20-24-13(3)26-31-20/h5-7,10-12H,4,8-9H2,1-3H3/t12-/m1/s1. The van der Waals surface area contributed by atoms with Gasteiger partial charge in [0.1, 0.15) is 11.6 Å². The lowest BCUT2D eigenvalue weighted by molar-refractivity contribution is 0.0644. The van der Waals surface area contributed by atoms with Crippen molar-refractivity contribution in [2.24, 2.45) is 0 Å². The number of halogens is 2. The van der Waals surface area contributed by atoms with Crippen LogP contribution in [0.5, 0.6) is 0 Å². The number of hydrogen-bond acceptors (Lipinski definition) is 6. The molecule has 31 heavy (non-hydrogen) atoms. The lowest BCUT2D eigenvalue weighted by Gasteiger charge is -2.35. The van der Waals surface area contributed by atoms with Gasteiger partial charge in [-0.3, -0.25) is 4.79 Å². The molecule has 1 aromatic carbocycles. The molecule has 1 atom stereocenters. The maximum Gasteiger partial charge on any atom is 0.254 e. The van der Waals surface area contributed by atoms with E-state index in [1.165, 1.54) is 29.7 Å². The van der Waals surface area contributed by atoms with Gasteiger partial charge in [0, 0.05) is 24.7 Å². The molecule has 0 fully saturated rings. The van der Waals surface area contributed by atoms with Crippen molar-refractivity contribution >= 4 is 35.1 Å². The Bertz CT molecular complexity index is 1160. The lowest BCUT2D eigenvalue weighted by Crippen LogP contribution is -2.41. The molecule has 1 aliphatic heterocycles. The third-order valence-corrected chi connectivity index (χ3v) is 6.21. The monoisotopic (exact) mass is 461 g/mol. The summed E-state index contributed by atoms with van der Waals surface area (Å²) in [5.74, 6) is 0.530. The van der Waals surface area contributed by atoms with Crippen molar-refractivity contribution in [1.82, 2.24) is 23.8 Å². The molecular formula is C21H21ClFN5O2S. The van der Waals surface area contributed by atoms with Gasteiger partial charge in [-0.25, -0.2) is 14.4 Å². The van der Waals surface area contributed by atoms with Crippen LogP contribution in [-0.2, 0) is 11.3 Å². The summed E-state index contributed by atoms with van der Waals surface area (Å²) in [5.41, 5.74) is 1.82. The minimum absolute atomic E-state index is 0.0124. The Morgan fingerprint density at radius 3 is 2.87 bits per heavy atom. The van der Waals surface area contributed by atoms with Gasteiger partial charge in [-0.1, -0.05) is 11.6 Å². The fraction of sp³-hybridized carbons (Fsp3) is 0.333. The van der Waals surface area contributed by atoms with E-state index in [0.29, 0.717) is 37.0 Å². The number of carbonyl (C=O) groups excluding carboxylic acids is 1. The minimum atomic E-state index is -0.614. The first-order valence-corrected chi connectivity index (χ1v) is 11.0. The van der Waals surface area contributed by atoms with Gasteiger partial charge >= 0.3 is 0 Å². The highest BCUT2D eigenvalue weighted by Gasteiger charge is 2.34. The Morgan fingerprint density at radius 2 is 2.19 bits per heavy atom. The number of fused-ring (bicyclic) bond motifs is 1.